The van der Waals surface area contributed by atoms with Gasteiger partial charge in [0.15, 0.2) is 0 Å². The Bertz CT molecular complexity index is 1090. The van der Waals surface area contributed by atoms with Crippen LogP contribution in [0.5, 0.6) is 0 Å². The van der Waals surface area contributed by atoms with Crippen molar-refractivity contribution in [1.82, 2.24) is 9.80 Å². The van der Waals surface area contributed by atoms with Gasteiger partial charge in [0.2, 0.25) is 5.91 Å². The molecule has 0 bridgehead atoms. The maximum absolute atomic E-state index is 13.6. The van der Waals surface area contributed by atoms with Crippen LogP contribution in [0.3, 0.4) is 0 Å². The number of amides is 1. The molecule has 2 aliphatic rings. The molecule has 2 aromatic carbocycles. The first-order chi connectivity index (χ1) is 16.0. The third kappa shape index (κ3) is 4.75. The molecule has 0 fully saturated rings. The summed E-state index contributed by atoms with van der Waals surface area (Å²) in [4.78, 5) is 29.7. The Balaban J connectivity index is 1.61. The number of fused-ring (bicyclic) bond motifs is 1. The number of amidine groups is 1. The van der Waals surface area contributed by atoms with Gasteiger partial charge in [0.05, 0.1) is 24.6 Å². The molecule has 0 spiro atoms. The summed E-state index contributed by atoms with van der Waals surface area (Å²) in [6.45, 7) is 3.04. The molecule has 6 heteroatoms. The van der Waals surface area contributed by atoms with E-state index in [-0.39, 0.29) is 23.4 Å². The van der Waals surface area contributed by atoms with Crippen molar-refractivity contribution in [2.75, 3.05) is 20.2 Å². The number of methoxy groups -OCH3 is 1. The highest BCUT2D eigenvalue weighted by molar-refractivity contribution is 6.19. The Kier molecular flexibility index (Phi) is 6.73. The lowest BCUT2D eigenvalue weighted by Crippen LogP contribution is -2.56. The molecule has 4 rings (SSSR count). The topological polar surface area (TPSA) is 73.7 Å². The maximum Gasteiger partial charge on any atom is 0.341 e. The van der Waals surface area contributed by atoms with Crippen LogP contribution in [-0.4, -0.2) is 53.8 Å². The average Bonchev–Trinajstić information content (AvgIpc) is 2.84. The van der Waals surface area contributed by atoms with Crippen LogP contribution in [0, 0.1) is 11.3 Å². The number of hydrogen-bond donors (Lipinski definition) is 1. The number of allylic oxidation sites excluding steroid dienone is 1. The van der Waals surface area contributed by atoms with Gasteiger partial charge in [-0.15, -0.1) is 0 Å². The zero-order valence-electron chi connectivity index (χ0n) is 19.0. The van der Waals surface area contributed by atoms with Crippen molar-refractivity contribution in [2.45, 2.75) is 25.8 Å². The van der Waals surface area contributed by atoms with Crippen molar-refractivity contribution >= 4 is 17.7 Å². The minimum Gasteiger partial charge on any atom is -0.465 e. The highest BCUT2D eigenvalue weighted by Crippen LogP contribution is 2.33. The molecule has 2 aliphatic heterocycles. The van der Waals surface area contributed by atoms with Crippen molar-refractivity contribution in [1.29, 1.82) is 5.41 Å². The summed E-state index contributed by atoms with van der Waals surface area (Å²) < 4.78 is 4.92. The molecule has 6 nitrogen and oxygen atoms in total. The normalized spacial score (nSPS) is 20.2. The molecule has 1 amide bonds. The molecule has 170 valence electrons. The molecule has 0 aromatic heterocycles. The van der Waals surface area contributed by atoms with Crippen molar-refractivity contribution in [3.05, 3.63) is 95.2 Å². The maximum atomic E-state index is 13.6. The molecule has 2 atom stereocenters. The Morgan fingerprint density at radius 2 is 1.52 bits per heavy atom. The number of ether oxygens (including phenoxy) is 1. The van der Waals surface area contributed by atoms with Crippen LogP contribution in [0.15, 0.2) is 84.1 Å². The van der Waals surface area contributed by atoms with Crippen LogP contribution in [0.2, 0.25) is 0 Å². The van der Waals surface area contributed by atoms with Gasteiger partial charge in [0.25, 0.3) is 0 Å². The Labute approximate surface area is 194 Å². The third-order valence-corrected chi connectivity index (χ3v) is 6.36. The van der Waals surface area contributed by atoms with Crippen LogP contribution in [0.1, 0.15) is 18.1 Å². The minimum atomic E-state index is -0.585. The average molecular weight is 444 g/mol. The number of benzene rings is 2. The summed E-state index contributed by atoms with van der Waals surface area (Å²) >= 11 is 0. The predicted octanol–water partition coefficient (Wildman–Crippen LogP) is 3.59. The second-order valence-corrected chi connectivity index (χ2v) is 8.40. The largest absolute Gasteiger partial charge is 0.465 e. The lowest BCUT2D eigenvalue weighted by Gasteiger charge is -2.44. The molecular weight excluding hydrogens is 414 g/mol. The Morgan fingerprint density at radius 1 is 0.939 bits per heavy atom. The highest BCUT2D eigenvalue weighted by atomic mass is 16.5. The van der Waals surface area contributed by atoms with E-state index in [1.165, 1.54) is 12.7 Å². The number of nitrogens with zero attached hydrogens (tertiary/aromatic N) is 2. The van der Waals surface area contributed by atoms with E-state index < -0.39 is 11.9 Å². The van der Waals surface area contributed by atoms with Gasteiger partial charge in [-0.3, -0.25) is 10.2 Å². The first-order valence-electron chi connectivity index (χ1n) is 11.2. The standard InChI is InChI=1S/C27H29N3O3/c1-19-17-24-22(26(31)29(19)15-13-20-9-5-3-6-10-20)18-23(27(32)33-2)25(28)30(24)16-14-21-11-7-4-8-12-21/h3-12,17-18,22,24,28H,13-16H2,1-2H3. The summed E-state index contributed by atoms with van der Waals surface area (Å²) in [5.74, 6) is -1.07. The summed E-state index contributed by atoms with van der Waals surface area (Å²) in [7, 11) is 1.30. The molecule has 33 heavy (non-hydrogen) atoms. The number of rotatable bonds is 7. The molecule has 0 aliphatic carbocycles. The number of nitrogens with one attached hydrogen (secondary N) is 1. The summed E-state index contributed by atoms with van der Waals surface area (Å²) in [6.07, 6.45) is 5.13. The van der Waals surface area contributed by atoms with E-state index in [2.05, 4.69) is 18.2 Å². The lowest BCUT2D eigenvalue weighted by atomic mass is 9.85. The zero-order valence-corrected chi connectivity index (χ0v) is 19.0. The van der Waals surface area contributed by atoms with Gasteiger partial charge in [-0.2, -0.15) is 0 Å². The number of carbonyl (C=O) groups excluding carboxylic acids is 2. The molecule has 2 aromatic rings. The van der Waals surface area contributed by atoms with Crippen molar-refractivity contribution in [3.63, 3.8) is 0 Å². The Morgan fingerprint density at radius 3 is 2.09 bits per heavy atom. The fourth-order valence-corrected chi connectivity index (χ4v) is 4.56. The van der Waals surface area contributed by atoms with E-state index in [4.69, 9.17) is 10.1 Å². The number of esters is 1. The molecule has 0 saturated heterocycles. The van der Waals surface area contributed by atoms with Gasteiger partial charge in [-0.1, -0.05) is 66.7 Å². The van der Waals surface area contributed by atoms with E-state index in [0.717, 1.165) is 17.7 Å². The fraction of sp³-hybridized carbons (Fsp3) is 0.296. The van der Waals surface area contributed by atoms with E-state index >= 15 is 0 Å². The van der Waals surface area contributed by atoms with Gasteiger partial charge in [-0.05, 0) is 37.0 Å². The molecule has 2 unspecified atom stereocenters. The molecule has 0 radical (unpaired) electrons. The highest BCUT2D eigenvalue weighted by Gasteiger charge is 2.43. The minimum absolute atomic E-state index is 0.0467. The van der Waals surface area contributed by atoms with Crippen LogP contribution in [0.25, 0.3) is 0 Å². The summed E-state index contributed by atoms with van der Waals surface area (Å²) in [5.41, 5.74) is 3.34. The third-order valence-electron chi connectivity index (χ3n) is 6.36. The predicted molar refractivity (Wildman–Crippen MR) is 128 cm³/mol. The summed E-state index contributed by atoms with van der Waals surface area (Å²) in [6, 6.07) is 19.8. The smallest absolute Gasteiger partial charge is 0.341 e. The summed E-state index contributed by atoms with van der Waals surface area (Å²) in [5, 5.41) is 8.70. The van der Waals surface area contributed by atoms with Crippen LogP contribution in [0.4, 0.5) is 0 Å². The first kappa shape index (κ1) is 22.5. The van der Waals surface area contributed by atoms with Gasteiger partial charge < -0.3 is 14.5 Å². The van der Waals surface area contributed by atoms with E-state index in [1.54, 1.807) is 11.0 Å². The Hall–Kier alpha value is -3.67. The fourth-order valence-electron chi connectivity index (χ4n) is 4.56. The van der Waals surface area contributed by atoms with Gasteiger partial charge in [0, 0.05) is 18.8 Å². The number of carbonyl (C=O) groups is 2. The van der Waals surface area contributed by atoms with Crippen LogP contribution >= 0.6 is 0 Å². The molecule has 0 saturated carbocycles. The zero-order chi connectivity index (χ0) is 23.4. The van der Waals surface area contributed by atoms with Crippen molar-refractivity contribution in [2.24, 2.45) is 5.92 Å². The van der Waals surface area contributed by atoms with Gasteiger partial charge in [-0.25, -0.2) is 4.79 Å². The molecule has 1 N–H and O–H groups in total. The van der Waals surface area contributed by atoms with E-state index in [0.29, 0.717) is 19.5 Å². The second-order valence-electron chi connectivity index (χ2n) is 8.40. The molecular formula is C27H29N3O3. The first-order valence-corrected chi connectivity index (χ1v) is 11.2. The van der Waals surface area contributed by atoms with Gasteiger partial charge in [0.1, 0.15) is 5.84 Å². The second kappa shape index (κ2) is 9.86. The molecule has 2 heterocycles. The van der Waals surface area contributed by atoms with Crippen LogP contribution in [-0.2, 0) is 27.2 Å². The quantitative estimate of drug-likeness (QED) is 0.664. The van der Waals surface area contributed by atoms with E-state index in [1.807, 2.05) is 60.4 Å². The van der Waals surface area contributed by atoms with Crippen molar-refractivity contribution in [3.8, 4) is 0 Å². The van der Waals surface area contributed by atoms with E-state index in [9.17, 15) is 9.59 Å². The SMILES string of the molecule is COC(=O)C1=CC2C(=O)N(CCc3ccccc3)C(C)=CC2N(CCc2ccccc2)C1=N. The lowest BCUT2D eigenvalue weighted by molar-refractivity contribution is -0.136. The number of hydrogen-bond acceptors (Lipinski definition) is 4. The van der Waals surface area contributed by atoms with Gasteiger partial charge >= 0.3 is 5.97 Å². The van der Waals surface area contributed by atoms with Crippen LogP contribution < -0.4 is 0 Å². The van der Waals surface area contributed by atoms with Crippen molar-refractivity contribution < 1.29 is 14.3 Å². The monoisotopic (exact) mass is 443 g/mol.